The van der Waals surface area contributed by atoms with Crippen molar-refractivity contribution in [1.29, 1.82) is 0 Å². The molecule has 0 unspecified atom stereocenters. The van der Waals surface area contributed by atoms with E-state index >= 15 is 0 Å². The number of phenols is 1. The van der Waals surface area contributed by atoms with Gasteiger partial charge in [-0.05, 0) is 72.8 Å². The topological polar surface area (TPSA) is 137 Å². The van der Waals surface area contributed by atoms with Crippen molar-refractivity contribution >= 4 is 51.7 Å². The summed E-state index contributed by atoms with van der Waals surface area (Å²) in [7, 11) is 0. The first-order valence-corrected chi connectivity index (χ1v) is 13.6. The van der Waals surface area contributed by atoms with Crippen molar-refractivity contribution in [2.24, 2.45) is 4.99 Å². The van der Waals surface area contributed by atoms with E-state index in [0.29, 0.717) is 31.9 Å². The zero-order valence-corrected chi connectivity index (χ0v) is 23.6. The standard InChI is InChI=1S/C27H20IN3O7S/c1-3-37-26(34)23-14(2)29-27-30(25(33)22(39-27)13-16-11-17(28)7-8-19(16)32)24(23)21-10-9-20(38-21)15-5-4-6-18(12-15)31(35)36/h4-13,24,32H,3H2,1-2H3/b22-13-/t24-/m1/s1. The molecule has 0 radical (unpaired) electrons. The number of hydrogen-bond acceptors (Lipinski definition) is 9. The summed E-state index contributed by atoms with van der Waals surface area (Å²) in [6.45, 7) is 3.46. The van der Waals surface area contributed by atoms with Gasteiger partial charge in [0, 0.05) is 26.8 Å². The number of hydrogen-bond donors (Lipinski definition) is 1. The number of benzene rings is 2. The van der Waals surface area contributed by atoms with Gasteiger partial charge in [0.1, 0.15) is 23.3 Å². The zero-order chi connectivity index (χ0) is 27.8. The van der Waals surface area contributed by atoms with Crippen LogP contribution in [-0.2, 0) is 9.53 Å². The number of halogens is 1. The minimum Gasteiger partial charge on any atom is -0.507 e. The van der Waals surface area contributed by atoms with Gasteiger partial charge in [-0.3, -0.25) is 19.5 Å². The molecule has 1 aliphatic rings. The molecule has 4 aromatic rings. The molecule has 39 heavy (non-hydrogen) atoms. The smallest absolute Gasteiger partial charge is 0.338 e. The molecule has 2 aromatic carbocycles. The molecule has 3 heterocycles. The van der Waals surface area contributed by atoms with Gasteiger partial charge in [0.15, 0.2) is 4.80 Å². The summed E-state index contributed by atoms with van der Waals surface area (Å²) in [5, 5.41) is 21.6. The second-order valence-corrected chi connectivity index (χ2v) is 10.8. The Balaban J connectivity index is 1.69. The Morgan fingerprint density at radius 1 is 1.28 bits per heavy atom. The summed E-state index contributed by atoms with van der Waals surface area (Å²) >= 11 is 3.24. The maximum atomic E-state index is 13.7. The van der Waals surface area contributed by atoms with Crippen molar-refractivity contribution in [3.63, 3.8) is 0 Å². The fraction of sp³-hybridized carbons (Fsp3) is 0.148. The van der Waals surface area contributed by atoms with Crippen molar-refractivity contribution in [1.82, 2.24) is 4.57 Å². The van der Waals surface area contributed by atoms with Crippen LogP contribution in [0.25, 0.3) is 17.4 Å². The van der Waals surface area contributed by atoms with Crippen molar-refractivity contribution in [2.45, 2.75) is 19.9 Å². The minimum absolute atomic E-state index is 0.0221. The highest BCUT2D eigenvalue weighted by Gasteiger charge is 2.35. The number of allylic oxidation sites excluding steroid dienone is 1. The van der Waals surface area contributed by atoms with Crippen LogP contribution in [0.1, 0.15) is 31.2 Å². The number of non-ortho nitro benzene ring substituents is 1. The monoisotopic (exact) mass is 657 g/mol. The third-order valence-corrected chi connectivity index (χ3v) is 7.68. The van der Waals surface area contributed by atoms with Crippen LogP contribution >= 0.6 is 33.9 Å². The Hall–Kier alpha value is -4.04. The number of rotatable bonds is 6. The third-order valence-electron chi connectivity index (χ3n) is 6.03. The number of ether oxygens (including phenoxy) is 1. The molecule has 1 N–H and O–H groups in total. The summed E-state index contributed by atoms with van der Waals surface area (Å²) in [5.41, 5.74) is 0.931. The lowest BCUT2D eigenvalue weighted by molar-refractivity contribution is -0.384. The van der Waals surface area contributed by atoms with E-state index in [2.05, 4.69) is 27.6 Å². The van der Waals surface area contributed by atoms with Gasteiger partial charge in [0.2, 0.25) is 0 Å². The Bertz CT molecular complexity index is 1850. The van der Waals surface area contributed by atoms with E-state index in [4.69, 9.17) is 9.15 Å². The number of nitro benzene ring substituents is 1. The van der Waals surface area contributed by atoms with Gasteiger partial charge in [-0.1, -0.05) is 23.5 Å². The minimum atomic E-state index is -0.987. The highest BCUT2D eigenvalue weighted by atomic mass is 127. The molecular weight excluding hydrogens is 637 g/mol. The number of phenolic OH excluding ortho intramolecular Hbond substituents is 1. The Morgan fingerprint density at radius 3 is 2.82 bits per heavy atom. The molecule has 0 spiro atoms. The van der Waals surface area contributed by atoms with E-state index in [-0.39, 0.29) is 29.4 Å². The van der Waals surface area contributed by atoms with Gasteiger partial charge in [-0.25, -0.2) is 9.79 Å². The normalized spacial score (nSPS) is 15.2. The number of thiazole rings is 1. The van der Waals surface area contributed by atoms with Crippen LogP contribution in [-0.4, -0.2) is 27.2 Å². The van der Waals surface area contributed by atoms with E-state index < -0.39 is 22.5 Å². The van der Waals surface area contributed by atoms with Crippen LogP contribution in [0.5, 0.6) is 5.75 Å². The van der Waals surface area contributed by atoms with Gasteiger partial charge < -0.3 is 14.3 Å². The number of nitro groups is 1. The molecule has 0 bridgehead atoms. The third kappa shape index (κ3) is 5.04. The summed E-state index contributed by atoms with van der Waals surface area (Å²) in [5.74, 6) is -0.0218. The first kappa shape index (κ1) is 26.6. The second kappa shape index (κ2) is 10.6. The molecule has 0 aliphatic carbocycles. The lowest BCUT2D eigenvalue weighted by atomic mass is 10.0. The fourth-order valence-electron chi connectivity index (χ4n) is 4.27. The molecule has 12 heteroatoms. The molecular formula is C27H20IN3O7S. The van der Waals surface area contributed by atoms with Crippen molar-refractivity contribution in [2.75, 3.05) is 6.61 Å². The number of carbonyl (C=O) groups is 1. The fourth-order valence-corrected chi connectivity index (χ4v) is 5.82. The Morgan fingerprint density at radius 2 is 2.08 bits per heavy atom. The Labute approximate surface area is 238 Å². The van der Waals surface area contributed by atoms with Gasteiger partial charge in [-0.15, -0.1) is 0 Å². The SMILES string of the molecule is CCOC(=O)C1=C(C)N=c2s/c(=C\c3cc(I)ccc3O)c(=O)n2[C@@H]1c1ccc(-c2cccc([N+](=O)[O-])c2)o1. The number of carbonyl (C=O) groups excluding carboxylic acids is 1. The maximum Gasteiger partial charge on any atom is 0.338 e. The van der Waals surface area contributed by atoms with Crippen LogP contribution < -0.4 is 14.9 Å². The van der Waals surface area contributed by atoms with E-state index in [1.165, 1.54) is 16.7 Å². The Kier molecular flexibility index (Phi) is 7.23. The molecule has 0 saturated carbocycles. The average molecular weight is 657 g/mol. The highest BCUT2D eigenvalue weighted by molar-refractivity contribution is 14.1. The molecule has 2 aromatic heterocycles. The van der Waals surface area contributed by atoms with Gasteiger partial charge in [0.25, 0.3) is 11.2 Å². The number of aromatic hydroxyl groups is 1. The molecule has 198 valence electrons. The number of furan rings is 1. The predicted octanol–water partition coefficient (Wildman–Crippen LogP) is 4.28. The van der Waals surface area contributed by atoms with E-state index in [0.717, 1.165) is 14.9 Å². The number of aromatic nitrogens is 1. The first-order chi connectivity index (χ1) is 18.7. The average Bonchev–Trinajstić information content (AvgIpc) is 3.51. The molecule has 5 rings (SSSR count). The quantitative estimate of drug-likeness (QED) is 0.142. The largest absolute Gasteiger partial charge is 0.507 e. The molecule has 1 aliphatic heterocycles. The second-order valence-electron chi connectivity index (χ2n) is 8.51. The lowest BCUT2D eigenvalue weighted by Gasteiger charge is -2.22. The molecule has 0 fully saturated rings. The van der Waals surface area contributed by atoms with Gasteiger partial charge in [0.05, 0.1) is 27.3 Å². The summed E-state index contributed by atoms with van der Waals surface area (Å²) in [4.78, 5) is 42.4. The van der Waals surface area contributed by atoms with E-state index in [9.17, 15) is 24.8 Å². The first-order valence-electron chi connectivity index (χ1n) is 11.7. The van der Waals surface area contributed by atoms with E-state index in [1.54, 1.807) is 62.4 Å². The van der Waals surface area contributed by atoms with Crippen LogP contribution in [0.15, 0.2) is 80.1 Å². The lowest BCUT2D eigenvalue weighted by Crippen LogP contribution is -2.39. The summed E-state index contributed by atoms with van der Waals surface area (Å²) in [6, 6.07) is 13.3. The molecule has 0 amide bonds. The number of esters is 1. The predicted molar refractivity (Wildman–Crippen MR) is 152 cm³/mol. The van der Waals surface area contributed by atoms with Crippen molar-refractivity contribution in [3.8, 4) is 17.1 Å². The van der Waals surface area contributed by atoms with Crippen molar-refractivity contribution in [3.05, 3.63) is 111 Å². The van der Waals surface area contributed by atoms with Crippen LogP contribution in [0.3, 0.4) is 0 Å². The molecule has 0 saturated heterocycles. The van der Waals surface area contributed by atoms with Gasteiger partial charge in [-0.2, -0.15) is 0 Å². The summed E-state index contributed by atoms with van der Waals surface area (Å²) in [6.07, 6.45) is 1.58. The van der Waals surface area contributed by atoms with E-state index in [1.807, 2.05) is 0 Å². The van der Waals surface area contributed by atoms with Crippen LogP contribution in [0.2, 0.25) is 0 Å². The van der Waals surface area contributed by atoms with Crippen molar-refractivity contribution < 1.29 is 24.0 Å². The van der Waals surface area contributed by atoms with Crippen LogP contribution in [0.4, 0.5) is 5.69 Å². The molecule has 1 atom stereocenters. The maximum absolute atomic E-state index is 13.7. The van der Waals surface area contributed by atoms with Gasteiger partial charge >= 0.3 is 5.97 Å². The zero-order valence-electron chi connectivity index (χ0n) is 20.6. The summed E-state index contributed by atoms with van der Waals surface area (Å²) < 4.78 is 14.0. The highest BCUT2D eigenvalue weighted by Crippen LogP contribution is 2.35. The van der Waals surface area contributed by atoms with Crippen LogP contribution in [0, 0.1) is 13.7 Å². The number of nitrogens with zero attached hydrogens (tertiary/aromatic N) is 3. The number of fused-ring (bicyclic) bond motifs is 1. The molecule has 10 nitrogen and oxygen atoms in total.